The van der Waals surface area contributed by atoms with Gasteiger partial charge in [-0.15, -0.1) is 0 Å². The number of aromatic nitrogens is 2. The summed E-state index contributed by atoms with van der Waals surface area (Å²) < 4.78 is 0. The fourth-order valence-corrected chi connectivity index (χ4v) is 2.89. The second-order valence-electron chi connectivity index (χ2n) is 6.36. The van der Waals surface area contributed by atoms with Crippen LogP contribution in [0.15, 0.2) is 60.8 Å². The van der Waals surface area contributed by atoms with Crippen LogP contribution < -0.4 is 5.73 Å². The summed E-state index contributed by atoms with van der Waals surface area (Å²) in [7, 11) is 0. The molecule has 0 fully saturated rings. The van der Waals surface area contributed by atoms with Gasteiger partial charge >= 0.3 is 11.9 Å². The Morgan fingerprint density at radius 3 is 2.38 bits per heavy atom. The van der Waals surface area contributed by atoms with E-state index in [4.69, 9.17) is 15.9 Å². The van der Waals surface area contributed by atoms with Gasteiger partial charge in [-0.3, -0.25) is 4.79 Å². The molecule has 4 rings (SSSR count). The van der Waals surface area contributed by atoms with Crippen molar-refractivity contribution < 1.29 is 24.9 Å². The van der Waals surface area contributed by atoms with Crippen molar-refractivity contribution in [2.24, 2.45) is 5.73 Å². The van der Waals surface area contributed by atoms with Crippen molar-refractivity contribution in [2.45, 2.75) is 12.5 Å². The summed E-state index contributed by atoms with van der Waals surface area (Å²) in [4.78, 5) is 28.2. The molecule has 1 unspecified atom stereocenters. The highest BCUT2D eigenvalue weighted by Crippen LogP contribution is 2.23. The van der Waals surface area contributed by atoms with Crippen molar-refractivity contribution in [1.29, 1.82) is 0 Å². The number of pyridine rings is 1. The number of hydrogen-bond acceptors (Lipinski definition) is 5. The molecule has 1 atom stereocenters. The zero-order valence-corrected chi connectivity index (χ0v) is 15.2. The van der Waals surface area contributed by atoms with Gasteiger partial charge in [-0.25, -0.2) is 9.78 Å². The molecule has 0 aliphatic rings. The lowest BCUT2D eigenvalue weighted by Crippen LogP contribution is -2.32. The maximum atomic E-state index is 10.6. The predicted molar refractivity (Wildman–Crippen MR) is 108 cm³/mol. The molecule has 8 nitrogen and oxygen atoms in total. The second-order valence-corrected chi connectivity index (χ2v) is 6.36. The molecule has 0 spiro atoms. The van der Waals surface area contributed by atoms with Gasteiger partial charge < -0.3 is 26.0 Å². The number of H-pyrrole nitrogens is 1. The number of carboxylic acid groups (broad SMARTS) is 2. The smallest absolute Gasteiger partial charge is 0.354 e. The average Bonchev–Trinajstić information content (AvgIpc) is 3.11. The molecule has 2 heterocycles. The summed E-state index contributed by atoms with van der Waals surface area (Å²) in [6.45, 7) is 0. The Bertz CT molecular complexity index is 1190. The molecule has 2 aromatic carbocycles. The number of benzene rings is 2. The Labute approximate surface area is 165 Å². The predicted octanol–water partition coefficient (Wildman–Crippen LogP) is 2.76. The van der Waals surface area contributed by atoms with E-state index >= 15 is 0 Å². The normalized spacial score (nSPS) is 11.6. The lowest BCUT2D eigenvalue weighted by Gasteiger charge is -2.04. The van der Waals surface area contributed by atoms with Gasteiger partial charge in [-0.2, -0.15) is 0 Å². The number of carbonyl (C=O) groups is 2. The van der Waals surface area contributed by atoms with Crippen LogP contribution in [0.5, 0.6) is 5.75 Å². The number of aromatic carboxylic acids is 1. The van der Waals surface area contributed by atoms with Gasteiger partial charge in [0.2, 0.25) is 0 Å². The Hall–Kier alpha value is -3.91. The number of nitrogens with one attached hydrogen (secondary N) is 1. The number of para-hydroxylation sites is 2. The van der Waals surface area contributed by atoms with Crippen molar-refractivity contribution in [3.05, 3.63) is 72.1 Å². The van der Waals surface area contributed by atoms with Gasteiger partial charge in [-0.05, 0) is 23.8 Å². The molecule has 6 N–H and O–H groups in total. The molecule has 0 bridgehead atoms. The van der Waals surface area contributed by atoms with E-state index in [0.29, 0.717) is 17.3 Å². The monoisotopic (exact) mass is 393 g/mol. The van der Waals surface area contributed by atoms with Crippen molar-refractivity contribution in [1.82, 2.24) is 9.97 Å². The van der Waals surface area contributed by atoms with E-state index < -0.39 is 18.0 Å². The van der Waals surface area contributed by atoms with Crippen molar-refractivity contribution in [3.63, 3.8) is 0 Å². The van der Waals surface area contributed by atoms with Crippen molar-refractivity contribution in [3.8, 4) is 5.75 Å². The molecule has 0 aliphatic carbocycles. The molecule has 8 heteroatoms. The number of nitrogens with two attached hydrogens (primary N) is 1. The van der Waals surface area contributed by atoms with Crippen molar-refractivity contribution in [2.75, 3.05) is 0 Å². The zero-order chi connectivity index (χ0) is 21.0. The molecule has 4 aromatic rings. The molecule has 0 saturated heterocycles. The quantitative estimate of drug-likeness (QED) is 0.358. The van der Waals surface area contributed by atoms with E-state index in [2.05, 4.69) is 9.97 Å². The highest BCUT2D eigenvalue weighted by molar-refractivity contribution is 5.92. The van der Waals surface area contributed by atoms with E-state index in [1.165, 1.54) is 0 Å². The Kier molecular flexibility index (Phi) is 5.75. The minimum atomic E-state index is -1.15. The molecule has 2 aromatic heterocycles. The summed E-state index contributed by atoms with van der Waals surface area (Å²) in [5, 5.41) is 28.5. The highest BCUT2D eigenvalue weighted by Gasteiger charge is 2.14. The van der Waals surface area contributed by atoms with E-state index in [1.807, 2.05) is 30.5 Å². The van der Waals surface area contributed by atoms with Crippen LogP contribution in [0, 0.1) is 0 Å². The van der Waals surface area contributed by atoms with Gasteiger partial charge in [0.1, 0.15) is 11.8 Å². The van der Waals surface area contributed by atoms with Gasteiger partial charge in [-0.1, -0.05) is 30.3 Å². The Morgan fingerprint density at radius 2 is 1.69 bits per heavy atom. The number of aliphatic carboxylic acids is 1. The van der Waals surface area contributed by atoms with Crippen LogP contribution in [-0.4, -0.2) is 43.3 Å². The average molecular weight is 393 g/mol. The summed E-state index contributed by atoms with van der Waals surface area (Å²) in [5.41, 5.74) is 7.76. The lowest BCUT2D eigenvalue weighted by atomic mass is 10.1. The number of aromatic amines is 1. The van der Waals surface area contributed by atoms with Crippen LogP contribution >= 0.6 is 0 Å². The first kappa shape index (κ1) is 19.8. The van der Waals surface area contributed by atoms with E-state index in [0.717, 1.165) is 22.5 Å². The third-order valence-electron chi connectivity index (χ3n) is 4.35. The maximum Gasteiger partial charge on any atom is 0.354 e. The molecule has 29 heavy (non-hydrogen) atoms. The lowest BCUT2D eigenvalue weighted by molar-refractivity contribution is -0.138. The summed E-state index contributed by atoms with van der Waals surface area (Å²) in [6, 6.07) is 14.9. The minimum Gasteiger partial charge on any atom is -0.507 e. The standard InChI is InChI=1S/C11H12N2O2.C10H7NO3/c12-9(11(14)15)5-7-6-13-10-4-2-1-3-8(7)10;12-9-5-8(10(13)14)11-7-4-2-1-3-6(7)9/h1-4,6,9,13H,5,12H2,(H,14,15);1-5H,(H,11,12)(H,13,14). The Balaban J connectivity index is 0.000000166. The van der Waals surface area contributed by atoms with Crippen molar-refractivity contribution >= 4 is 33.7 Å². The minimum absolute atomic E-state index is 0.0620. The zero-order valence-electron chi connectivity index (χ0n) is 15.2. The van der Waals surface area contributed by atoms with Gasteiger partial charge in [0, 0.05) is 35.0 Å². The van der Waals surface area contributed by atoms with Crippen LogP contribution in [0.4, 0.5) is 0 Å². The third kappa shape index (κ3) is 4.50. The fraction of sp³-hybridized carbons (Fsp3) is 0.0952. The van der Waals surface area contributed by atoms with Crippen LogP contribution in [0.25, 0.3) is 21.8 Å². The molecule has 148 valence electrons. The summed E-state index contributed by atoms with van der Waals surface area (Å²) in [5.74, 6) is -2.18. The summed E-state index contributed by atoms with van der Waals surface area (Å²) in [6.07, 6.45) is 2.16. The number of aromatic hydroxyl groups is 1. The number of fused-ring (bicyclic) bond motifs is 2. The Morgan fingerprint density at radius 1 is 1.03 bits per heavy atom. The molecule has 0 radical (unpaired) electrons. The van der Waals surface area contributed by atoms with Gasteiger partial charge in [0.05, 0.1) is 5.52 Å². The van der Waals surface area contributed by atoms with E-state index in [1.54, 1.807) is 24.3 Å². The van der Waals surface area contributed by atoms with Crippen LogP contribution in [0.2, 0.25) is 0 Å². The van der Waals surface area contributed by atoms with Gasteiger partial charge in [0.15, 0.2) is 5.69 Å². The number of nitrogens with zero attached hydrogens (tertiary/aromatic N) is 1. The first-order valence-electron chi connectivity index (χ1n) is 8.72. The largest absolute Gasteiger partial charge is 0.507 e. The van der Waals surface area contributed by atoms with Crippen LogP contribution in [0.1, 0.15) is 16.1 Å². The van der Waals surface area contributed by atoms with E-state index in [-0.39, 0.29) is 11.4 Å². The molecule has 0 saturated carbocycles. The maximum absolute atomic E-state index is 10.6. The second kappa shape index (κ2) is 8.41. The third-order valence-corrected chi connectivity index (χ3v) is 4.35. The first-order valence-corrected chi connectivity index (χ1v) is 8.72. The SMILES string of the molecule is NC(Cc1c[nH]c2ccccc12)C(=O)O.O=C(O)c1cc(O)c2ccccc2n1. The summed E-state index contributed by atoms with van der Waals surface area (Å²) >= 11 is 0. The van der Waals surface area contributed by atoms with Gasteiger partial charge in [0.25, 0.3) is 0 Å². The number of rotatable bonds is 4. The van der Waals surface area contributed by atoms with E-state index in [9.17, 15) is 14.7 Å². The number of hydrogen-bond donors (Lipinski definition) is 5. The molecular formula is C21H19N3O5. The molecule has 0 aliphatic heterocycles. The fourth-order valence-electron chi connectivity index (χ4n) is 2.89. The topological polar surface area (TPSA) is 150 Å². The van der Waals surface area contributed by atoms with Crippen LogP contribution in [0.3, 0.4) is 0 Å². The first-order chi connectivity index (χ1) is 13.9. The molecule has 0 amide bonds. The highest BCUT2D eigenvalue weighted by atomic mass is 16.4. The van der Waals surface area contributed by atoms with Crippen LogP contribution in [-0.2, 0) is 11.2 Å². The molecular weight excluding hydrogens is 374 g/mol. The number of carboxylic acids is 2.